The topological polar surface area (TPSA) is 127 Å². The van der Waals surface area contributed by atoms with Crippen LogP contribution in [0.25, 0.3) is 0 Å². The third-order valence-electron chi connectivity index (χ3n) is 5.40. The molecule has 204 valence electrons. The van der Waals surface area contributed by atoms with Crippen molar-refractivity contribution in [2.24, 2.45) is 5.10 Å². The smallest absolute Gasteiger partial charge is 0.329 e. The Hall–Kier alpha value is -4.38. The van der Waals surface area contributed by atoms with Crippen LogP contribution in [-0.2, 0) is 14.4 Å². The first kappa shape index (κ1) is 29.2. The molecule has 0 fully saturated rings. The number of ether oxygens (including phenoxy) is 3. The number of carbonyl (C=O) groups is 3. The number of nitrogens with one attached hydrogen (secondary N) is 3. The highest BCUT2D eigenvalue weighted by Gasteiger charge is 2.15. The third kappa shape index (κ3) is 8.57. The van der Waals surface area contributed by atoms with Crippen molar-refractivity contribution in [1.29, 1.82) is 0 Å². The molecule has 0 aliphatic carbocycles. The zero-order valence-corrected chi connectivity index (χ0v) is 23.5. The second kappa shape index (κ2) is 14.0. The van der Waals surface area contributed by atoms with E-state index in [1.165, 1.54) is 13.3 Å². The molecule has 0 atom stereocenters. The van der Waals surface area contributed by atoms with E-state index in [9.17, 15) is 14.4 Å². The van der Waals surface area contributed by atoms with E-state index in [0.717, 1.165) is 11.1 Å². The Balaban J connectivity index is 1.60. The van der Waals surface area contributed by atoms with Crippen LogP contribution in [0, 0.1) is 13.8 Å². The Bertz CT molecular complexity index is 1380. The second-order valence-corrected chi connectivity index (χ2v) is 9.13. The van der Waals surface area contributed by atoms with Gasteiger partial charge in [0.1, 0.15) is 5.75 Å². The molecular weight excluding hydrogens is 568 g/mol. The number of amides is 3. The molecule has 3 rings (SSSR count). The fraction of sp³-hybridized carbons (Fsp3) is 0.214. The average Bonchev–Trinajstić information content (AvgIpc) is 2.91. The molecule has 0 saturated carbocycles. The molecule has 0 bridgehead atoms. The Kier molecular flexibility index (Phi) is 10.4. The van der Waals surface area contributed by atoms with E-state index in [2.05, 4.69) is 37.1 Å². The molecule has 3 aromatic rings. The maximum Gasteiger partial charge on any atom is 0.329 e. The number of rotatable bonds is 10. The van der Waals surface area contributed by atoms with E-state index in [0.29, 0.717) is 45.3 Å². The summed E-state index contributed by atoms with van der Waals surface area (Å²) in [5.74, 6) is -0.814. The molecule has 0 spiro atoms. The zero-order valence-electron chi connectivity index (χ0n) is 22.0. The lowest BCUT2D eigenvalue weighted by molar-refractivity contribution is -0.136. The minimum absolute atomic E-state index is 0.238. The maximum absolute atomic E-state index is 12.4. The number of carbonyl (C=O) groups excluding carboxylic acids is 3. The SMILES string of the molecule is CCOc1cc(/C=N\NC(=O)C(=O)Nc2ccc(OC)cc2)cc(Br)c1OCC(=O)Nc1ccc(C)c(C)c1. The summed E-state index contributed by atoms with van der Waals surface area (Å²) in [5, 5.41) is 9.13. The Labute approximate surface area is 234 Å². The van der Waals surface area contributed by atoms with Gasteiger partial charge in [-0.1, -0.05) is 6.07 Å². The summed E-state index contributed by atoms with van der Waals surface area (Å²) >= 11 is 3.44. The van der Waals surface area contributed by atoms with Gasteiger partial charge in [-0.15, -0.1) is 0 Å². The van der Waals surface area contributed by atoms with Crippen LogP contribution in [0.2, 0.25) is 0 Å². The second-order valence-electron chi connectivity index (χ2n) is 8.28. The Morgan fingerprint density at radius 1 is 0.897 bits per heavy atom. The van der Waals surface area contributed by atoms with Crippen molar-refractivity contribution < 1.29 is 28.6 Å². The van der Waals surface area contributed by atoms with Crippen LogP contribution in [0.15, 0.2) is 64.2 Å². The largest absolute Gasteiger partial charge is 0.497 e. The maximum atomic E-state index is 12.4. The molecule has 3 N–H and O–H groups in total. The van der Waals surface area contributed by atoms with Crippen molar-refractivity contribution in [1.82, 2.24) is 5.43 Å². The van der Waals surface area contributed by atoms with E-state index in [1.54, 1.807) is 36.4 Å². The molecule has 3 aromatic carbocycles. The molecule has 0 radical (unpaired) electrons. The van der Waals surface area contributed by atoms with Crippen LogP contribution in [0.5, 0.6) is 17.2 Å². The first-order valence-electron chi connectivity index (χ1n) is 11.9. The third-order valence-corrected chi connectivity index (χ3v) is 5.99. The van der Waals surface area contributed by atoms with E-state index < -0.39 is 11.8 Å². The Morgan fingerprint density at radius 2 is 1.62 bits per heavy atom. The van der Waals surface area contributed by atoms with Gasteiger partial charge >= 0.3 is 11.8 Å². The lowest BCUT2D eigenvalue weighted by atomic mass is 10.1. The van der Waals surface area contributed by atoms with Crippen LogP contribution in [0.1, 0.15) is 23.6 Å². The number of anilines is 2. The van der Waals surface area contributed by atoms with Crippen molar-refractivity contribution in [3.05, 3.63) is 75.8 Å². The highest BCUT2D eigenvalue weighted by Crippen LogP contribution is 2.36. The summed E-state index contributed by atoms with van der Waals surface area (Å²) in [6, 6.07) is 15.5. The minimum atomic E-state index is -0.944. The molecule has 39 heavy (non-hydrogen) atoms. The number of nitrogens with zero attached hydrogens (tertiary/aromatic N) is 1. The summed E-state index contributed by atoms with van der Waals surface area (Å²) in [6.07, 6.45) is 1.35. The summed E-state index contributed by atoms with van der Waals surface area (Å²) in [5.41, 5.74) is 6.05. The summed E-state index contributed by atoms with van der Waals surface area (Å²) < 4.78 is 17.0. The van der Waals surface area contributed by atoms with Gasteiger partial charge in [0, 0.05) is 11.4 Å². The van der Waals surface area contributed by atoms with Crippen molar-refractivity contribution in [3.8, 4) is 17.2 Å². The van der Waals surface area contributed by atoms with Crippen molar-refractivity contribution in [3.63, 3.8) is 0 Å². The van der Waals surface area contributed by atoms with Crippen LogP contribution in [0.4, 0.5) is 11.4 Å². The van der Waals surface area contributed by atoms with Gasteiger partial charge < -0.3 is 24.8 Å². The first-order valence-corrected chi connectivity index (χ1v) is 12.7. The number of benzene rings is 3. The molecule has 11 heteroatoms. The zero-order chi connectivity index (χ0) is 28.4. The van der Waals surface area contributed by atoms with E-state index in [4.69, 9.17) is 14.2 Å². The van der Waals surface area contributed by atoms with Crippen molar-refractivity contribution in [2.45, 2.75) is 20.8 Å². The molecule has 0 aromatic heterocycles. The predicted molar refractivity (Wildman–Crippen MR) is 153 cm³/mol. The Morgan fingerprint density at radius 3 is 2.28 bits per heavy atom. The summed E-state index contributed by atoms with van der Waals surface area (Å²) in [7, 11) is 1.53. The van der Waals surface area contributed by atoms with E-state index >= 15 is 0 Å². The van der Waals surface area contributed by atoms with Gasteiger partial charge in [-0.3, -0.25) is 14.4 Å². The van der Waals surface area contributed by atoms with Gasteiger partial charge in [0.15, 0.2) is 18.1 Å². The number of hydrogen-bond donors (Lipinski definition) is 3. The van der Waals surface area contributed by atoms with Crippen molar-refractivity contribution in [2.75, 3.05) is 31.0 Å². The normalized spacial score (nSPS) is 10.6. The molecule has 0 saturated heterocycles. The lowest BCUT2D eigenvalue weighted by Crippen LogP contribution is -2.32. The molecular formula is C28H29BrN4O6. The first-order chi connectivity index (χ1) is 18.7. The van der Waals surface area contributed by atoms with Gasteiger partial charge in [-0.25, -0.2) is 5.43 Å². The highest BCUT2D eigenvalue weighted by molar-refractivity contribution is 9.10. The van der Waals surface area contributed by atoms with Crippen LogP contribution >= 0.6 is 15.9 Å². The molecule has 0 unspecified atom stereocenters. The van der Waals surface area contributed by atoms with E-state index in [-0.39, 0.29) is 12.5 Å². The van der Waals surface area contributed by atoms with Crippen LogP contribution in [0.3, 0.4) is 0 Å². The van der Waals surface area contributed by atoms with Crippen LogP contribution < -0.4 is 30.3 Å². The van der Waals surface area contributed by atoms with Gasteiger partial charge in [-0.2, -0.15) is 5.10 Å². The fourth-order valence-electron chi connectivity index (χ4n) is 3.30. The van der Waals surface area contributed by atoms with Crippen LogP contribution in [-0.4, -0.2) is 44.3 Å². The van der Waals surface area contributed by atoms with Gasteiger partial charge in [0.25, 0.3) is 5.91 Å². The van der Waals surface area contributed by atoms with Crippen molar-refractivity contribution >= 4 is 51.2 Å². The number of aryl methyl sites for hydroxylation is 2. The molecule has 0 aliphatic heterocycles. The van der Waals surface area contributed by atoms with E-state index in [1.807, 2.05) is 39.0 Å². The lowest BCUT2D eigenvalue weighted by Gasteiger charge is -2.15. The minimum Gasteiger partial charge on any atom is -0.497 e. The number of hydrogen-bond acceptors (Lipinski definition) is 7. The molecule has 3 amide bonds. The summed E-state index contributed by atoms with van der Waals surface area (Å²) in [6.45, 7) is 5.89. The number of halogens is 1. The monoisotopic (exact) mass is 596 g/mol. The van der Waals surface area contributed by atoms with Gasteiger partial charge in [0.05, 0.1) is 24.4 Å². The fourth-order valence-corrected chi connectivity index (χ4v) is 3.87. The van der Waals surface area contributed by atoms with Gasteiger partial charge in [0.2, 0.25) is 0 Å². The average molecular weight is 597 g/mol. The quantitative estimate of drug-likeness (QED) is 0.179. The summed E-state index contributed by atoms with van der Waals surface area (Å²) in [4.78, 5) is 36.7. The highest BCUT2D eigenvalue weighted by atomic mass is 79.9. The predicted octanol–water partition coefficient (Wildman–Crippen LogP) is 4.58. The molecule has 10 nitrogen and oxygen atoms in total. The van der Waals surface area contributed by atoms with Gasteiger partial charge in [-0.05, 0) is 102 Å². The number of methoxy groups -OCH3 is 1. The number of hydrazone groups is 1. The molecule has 0 aliphatic rings. The standard InChI is InChI=1S/C28H29BrN4O6/c1-5-38-24-14-19(15-30-33-28(36)27(35)32-20-8-10-22(37-4)11-9-20)13-23(29)26(24)39-16-25(34)31-21-7-6-17(2)18(3)12-21/h6-15H,5,16H2,1-4H3,(H,31,34)(H,32,35)(H,33,36)/b30-15-. The molecule has 0 heterocycles.